The van der Waals surface area contributed by atoms with Crippen LogP contribution in [0.4, 0.5) is 0 Å². The van der Waals surface area contributed by atoms with E-state index in [0.717, 1.165) is 24.3 Å². The number of carbonyl (C=O) groups excluding carboxylic acids is 1. The standard InChI is InChI=1S/C11H13NO2S/c13-10(9-2-1-5-15-9)11-4-3-8(14-11)6-12-7-11/h1-2,5,8,12H,3-4,6-7H2. The van der Waals surface area contributed by atoms with Crippen LogP contribution in [-0.2, 0) is 4.74 Å². The van der Waals surface area contributed by atoms with Crippen LogP contribution in [0.25, 0.3) is 0 Å². The molecule has 3 heterocycles. The van der Waals surface area contributed by atoms with Crippen LogP contribution in [0.1, 0.15) is 22.5 Å². The second kappa shape index (κ2) is 3.40. The minimum Gasteiger partial charge on any atom is -0.361 e. The summed E-state index contributed by atoms with van der Waals surface area (Å²) in [4.78, 5) is 13.1. The Kier molecular flexibility index (Phi) is 2.16. The van der Waals surface area contributed by atoms with Gasteiger partial charge in [-0.1, -0.05) is 6.07 Å². The van der Waals surface area contributed by atoms with Crippen LogP contribution < -0.4 is 5.32 Å². The molecule has 0 aromatic carbocycles. The molecule has 1 N–H and O–H groups in total. The lowest BCUT2D eigenvalue weighted by atomic mass is 9.94. The Hall–Kier alpha value is -0.710. The number of nitrogens with one attached hydrogen (secondary N) is 1. The van der Waals surface area contributed by atoms with Gasteiger partial charge in [0.1, 0.15) is 5.60 Å². The van der Waals surface area contributed by atoms with Gasteiger partial charge in [-0.05, 0) is 24.3 Å². The quantitative estimate of drug-likeness (QED) is 0.771. The summed E-state index contributed by atoms with van der Waals surface area (Å²) >= 11 is 1.50. The minimum absolute atomic E-state index is 0.159. The van der Waals surface area contributed by atoms with Crippen LogP contribution in [0, 0.1) is 0 Å². The SMILES string of the molecule is O=C(c1cccs1)C12CCC(CNC1)O2. The van der Waals surface area contributed by atoms with Gasteiger partial charge >= 0.3 is 0 Å². The van der Waals surface area contributed by atoms with Gasteiger partial charge < -0.3 is 10.1 Å². The van der Waals surface area contributed by atoms with Crippen LogP contribution in [-0.4, -0.2) is 30.6 Å². The molecule has 15 heavy (non-hydrogen) atoms. The molecule has 4 heteroatoms. The van der Waals surface area contributed by atoms with Crippen LogP contribution in [0.2, 0.25) is 0 Å². The van der Waals surface area contributed by atoms with Crippen molar-refractivity contribution in [1.82, 2.24) is 5.32 Å². The fourth-order valence-electron chi connectivity index (χ4n) is 2.42. The van der Waals surface area contributed by atoms with Crippen molar-refractivity contribution in [3.63, 3.8) is 0 Å². The van der Waals surface area contributed by atoms with Gasteiger partial charge in [-0.15, -0.1) is 11.3 Å². The first-order chi connectivity index (χ1) is 7.30. The number of hydrogen-bond donors (Lipinski definition) is 1. The van der Waals surface area contributed by atoms with Crippen LogP contribution in [0.15, 0.2) is 17.5 Å². The minimum atomic E-state index is -0.562. The Morgan fingerprint density at radius 1 is 1.67 bits per heavy atom. The van der Waals surface area contributed by atoms with Crippen molar-refractivity contribution in [2.45, 2.75) is 24.5 Å². The number of ether oxygens (including phenoxy) is 1. The molecular formula is C11H13NO2S. The molecule has 3 nitrogen and oxygen atoms in total. The molecular weight excluding hydrogens is 210 g/mol. The topological polar surface area (TPSA) is 38.3 Å². The summed E-state index contributed by atoms with van der Waals surface area (Å²) in [5, 5.41) is 5.23. The summed E-state index contributed by atoms with van der Waals surface area (Å²) in [5.41, 5.74) is -0.562. The van der Waals surface area contributed by atoms with E-state index in [0.29, 0.717) is 6.54 Å². The van der Waals surface area contributed by atoms with E-state index >= 15 is 0 Å². The number of carbonyl (C=O) groups is 1. The zero-order valence-corrected chi connectivity index (χ0v) is 9.18. The number of hydrogen-bond acceptors (Lipinski definition) is 4. The van der Waals surface area contributed by atoms with E-state index in [-0.39, 0.29) is 11.9 Å². The van der Waals surface area contributed by atoms with Crippen molar-refractivity contribution in [2.75, 3.05) is 13.1 Å². The van der Waals surface area contributed by atoms with E-state index in [1.165, 1.54) is 11.3 Å². The van der Waals surface area contributed by atoms with Crippen molar-refractivity contribution >= 4 is 17.1 Å². The van der Waals surface area contributed by atoms with E-state index in [1.807, 2.05) is 17.5 Å². The van der Waals surface area contributed by atoms with Gasteiger partial charge in [0.2, 0.25) is 5.78 Å². The molecule has 2 bridgehead atoms. The molecule has 0 saturated carbocycles. The van der Waals surface area contributed by atoms with E-state index in [1.54, 1.807) is 0 Å². The number of ketones is 1. The summed E-state index contributed by atoms with van der Waals surface area (Å²) in [7, 11) is 0. The second-order valence-electron chi connectivity index (χ2n) is 4.21. The molecule has 1 aromatic heterocycles. The number of morpholine rings is 1. The van der Waals surface area contributed by atoms with Crippen LogP contribution in [0.3, 0.4) is 0 Å². The molecule has 2 aliphatic rings. The average molecular weight is 223 g/mol. The maximum absolute atomic E-state index is 12.3. The first-order valence-corrected chi connectivity index (χ1v) is 6.15. The highest BCUT2D eigenvalue weighted by Gasteiger charge is 2.49. The van der Waals surface area contributed by atoms with Crippen molar-refractivity contribution in [3.05, 3.63) is 22.4 Å². The molecule has 1 aromatic rings. The molecule has 2 fully saturated rings. The largest absolute Gasteiger partial charge is 0.361 e. The van der Waals surface area contributed by atoms with Gasteiger partial charge in [0.25, 0.3) is 0 Å². The van der Waals surface area contributed by atoms with E-state index in [4.69, 9.17) is 4.74 Å². The number of thiophene rings is 1. The Bertz CT molecular complexity index is 372. The van der Waals surface area contributed by atoms with Crippen molar-refractivity contribution < 1.29 is 9.53 Å². The van der Waals surface area contributed by atoms with Gasteiger partial charge in [-0.3, -0.25) is 4.79 Å². The fraction of sp³-hybridized carbons (Fsp3) is 0.545. The van der Waals surface area contributed by atoms with Crippen LogP contribution in [0.5, 0.6) is 0 Å². The van der Waals surface area contributed by atoms with Gasteiger partial charge in [-0.25, -0.2) is 0 Å². The number of rotatable bonds is 2. The fourth-order valence-corrected chi connectivity index (χ4v) is 3.17. The highest BCUT2D eigenvalue weighted by Crippen LogP contribution is 2.36. The summed E-state index contributed by atoms with van der Waals surface area (Å²) in [5.74, 6) is 0.159. The molecule has 2 aliphatic heterocycles. The highest BCUT2D eigenvalue weighted by molar-refractivity contribution is 7.12. The zero-order valence-electron chi connectivity index (χ0n) is 8.36. The zero-order chi connectivity index (χ0) is 10.3. The number of fused-ring (bicyclic) bond motifs is 2. The predicted molar refractivity (Wildman–Crippen MR) is 58.4 cm³/mol. The molecule has 2 saturated heterocycles. The summed E-state index contributed by atoms with van der Waals surface area (Å²) in [6, 6.07) is 3.80. The maximum atomic E-state index is 12.3. The highest BCUT2D eigenvalue weighted by atomic mass is 32.1. The van der Waals surface area contributed by atoms with E-state index in [9.17, 15) is 4.79 Å². The lowest BCUT2D eigenvalue weighted by molar-refractivity contribution is -0.0433. The lowest BCUT2D eigenvalue weighted by Gasteiger charge is -2.32. The predicted octanol–water partition coefficient (Wildman–Crippen LogP) is 1.45. The Morgan fingerprint density at radius 2 is 2.60 bits per heavy atom. The smallest absolute Gasteiger partial charge is 0.205 e. The first kappa shape index (κ1) is 9.51. The number of Topliss-reactive ketones (excluding diaryl/α,β-unsaturated/α-hetero) is 1. The summed E-state index contributed by atoms with van der Waals surface area (Å²) < 4.78 is 5.87. The van der Waals surface area contributed by atoms with Gasteiger partial charge in [0.15, 0.2) is 0 Å². The summed E-state index contributed by atoms with van der Waals surface area (Å²) in [6.07, 6.45) is 2.11. The molecule has 0 amide bonds. The van der Waals surface area contributed by atoms with Crippen molar-refractivity contribution in [3.8, 4) is 0 Å². The normalized spacial score (nSPS) is 34.3. The third-order valence-corrected chi connectivity index (χ3v) is 4.07. The summed E-state index contributed by atoms with van der Waals surface area (Å²) in [6.45, 7) is 1.56. The Labute approximate surface area is 92.4 Å². The molecule has 0 spiro atoms. The van der Waals surface area contributed by atoms with Crippen molar-refractivity contribution in [2.24, 2.45) is 0 Å². The van der Waals surface area contributed by atoms with Gasteiger partial charge in [-0.2, -0.15) is 0 Å². The second-order valence-corrected chi connectivity index (χ2v) is 5.16. The lowest BCUT2D eigenvalue weighted by Crippen LogP contribution is -2.52. The molecule has 2 atom stereocenters. The Balaban J connectivity index is 1.90. The molecule has 0 radical (unpaired) electrons. The van der Waals surface area contributed by atoms with Gasteiger partial charge in [0.05, 0.1) is 11.0 Å². The third kappa shape index (κ3) is 1.44. The molecule has 3 rings (SSSR count). The monoisotopic (exact) mass is 223 g/mol. The molecule has 80 valence electrons. The first-order valence-electron chi connectivity index (χ1n) is 5.27. The maximum Gasteiger partial charge on any atom is 0.205 e. The van der Waals surface area contributed by atoms with Crippen LogP contribution >= 0.6 is 11.3 Å². The molecule has 2 unspecified atom stereocenters. The third-order valence-electron chi connectivity index (χ3n) is 3.20. The van der Waals surface area contributed by atoms with E-state index in [2.05, 4.69) is 5.32 Å². The van der Waals surface area contributed by atoms with Gasteiger partial charge in [0, 0.05) is 13.1 Å². The van der Waals surface area contributed by atoms with Crippen molar-refractivity contribution in [1.29, 1.82) is 0 Å². The van der Waals surface area contributed by atoms with E-state index < -0.39 is 5.60 Å². The molecule has 0 aliphatic carbocycles. The average Bonchev–Trinajstić information content (AvgIpc) is 2.87. The Morgan fingerprint density at radius 3 is 3.40 bits per heavy atom.